The molecule has 1 aromatic rings. The van der Waals surface area contributed by atoms with Gasteiger partial charge in [-0.2, -0.15) is 0 Å². The van der Waals surface area contributed by atoms with E-state index in [1.165, 1.54) is 18.5 Å². The molecular formula is C13H20N4O2. The molecule has 0 bridgehead atoms. The second kappa shape index (κ2) is 5.99. The number of carbonyl (C=O) groups is 1. The fraction of sp³-hybridized carbons (Fsp3) is 0.538. The quantitative estimate of drug-likeness (QED) is 0.761. The average Bonchev–Trinajstić information content (AvgIpc) is 2.40. The van der Waals surface area contributed by atoms with Crippen molar-refractivity contribution in [2.45, 2.75) is 6.04 Å². The minimum absolute atomic E-state index is 0.161. The van der Waals surface area contributed by atoms with E-state index in [1.54, 1.807) is 0 Å². The molecule has 19 heavy (non-hydrogen) atoms. The molecule has 2 rings (SSSR count). The lowest BCUT2D eigenvalue weighted by atomic mass is 10.2. The van der Waals surface area contributed by atoms with Gasteiger partial charge in [-0.1, -0.05) is 0 Å². The summed E-state index contributed by atoms with van der Waals surface area (Å²) in [6, 6.07) is 1.64. The van der Waals surface area contributed by atoms with E-state index in [0.29, 0.717) is 6.54 Å². The number of aromatic nitrogens is 1. The molecule has 6 nitrogen and oxygen atoms in total. The van der Waals surface area contributed by atoms with E-state index in [1.807, 2.05) is 0 Å². The first-order chi connectivity index (χ1) is 9.08. The van der Waals surface area contributed by atoms with Gasteiger partial charge in [0.15, 0.2) is 5.43 Å². The maximum Gasteiger partial charge on any atom is 0.256 e. The number of hydrogen-bond acceptors (Lipinski definition) is 4. The highest BCUT2D eigenvalue weighted by molar-refractivity contribution is 5.93. The Morgan fingerprint density at radius 3 is 3.00 bits per heavy atom. The van der Waals surface area contributed by atoms with Gasteiger partial charge in [-0.25, -0.2) is 0 Å². The van der Waals surface area contributed by atoms with Gasteiger partial charge in [0.25, 0.3) is 5.91 Å². The Labute approximate surface area is 112 Å². The summed E-state index contributed by atoms with van der Waals surface area (Å²) in [6.07, 6.45) is 2.96. The van der Waals surface area contributed by atoms with Crippen LogP contribution in [0.5, 0.6) is 0 Å². The van der Waals surface area contributed by atoms with Gasteiger partial charge in [0.1, 0.15) is 5.56 Å². The summed E-state index contributed by atoms with van der Waals surface area (Å²) in [4.78, 5) is 30.7. The molecule has 1 fully saturated rings. The largest absolute Gasteiger partial charge is 0.367 e. The Morgan fingerprint density at radius 2 is 2.26 bits per heavy atom. The maximum absolute atomic E-state index is 11.9. The van der Waals surface area contributed by atoms with Crippen LogP contribution in [0.15, 0.2) is 23.3 Å². The first kappa shape index (κ1) is 13.8. The lowest BCUT2D eigenvalue weighted by Crippen LogP contribution is -2.54. The van der Waals surface area contributed by atoms with Gasteiger partial charge in [0.2, 0.25) is 0 Å². The molecule has 1 aliphatic heterocycles. The number of hydrogen-bond donors (Lipinski definition) is 2. The molecule has 1 atom stereocenters. The Bertz CT molecular complexity index is 499. The van der Waals surface area contributed by atoms with Crippen molar-refractivity contribution >= 4 is 5.91 Å². The number of pyridine rings is 1. The van der Waals surface area contributed by atoms with Crippen LogP contribution < -0.4 is 10.7 Å². The highest BCUT2D eigenvalue weighted by atomic mass is 16.2. The molecule has 2 heterocycles. The lowest BCUT2D eigenvalue weighted by Gasteiger charge is -2.37. The van der Waals surface area contributed by atoms with Crippen LogP contribution >= 0.6 is 0 Å². The molecule has 1 amide bonds. The van der Waals surface area contributed by atoms with Crippen LogP contribution in [-0.4, -0.2) is 67.0 Å². The van der Waals surface area contributed by atoms with Crippen LogP contribution in [0.4, 0.5) is 0 Å². The zero-order valence-electron chi connectivity index (χ0n) is 11.3. The molecule has 6 heteroatoms. The van der Waals surface area contributed by atoms with Gasteiger partial charge in [0, 0.05) is 50.7 Å². The third-order valence-corrected chi connectivity index (χ3v) is 3.55. The van der Waals surface area contributed by atoms with Crippen LogP contribution in [0.2, 0.25) is 0 Å². The minimum atomic E-state index is -0.316. The molecular weight excluding hydrogens is 244 g/mol. The van der Waals surface area contributed by atoms with Crippen molar-refractivity contribution in [3.63, 3.8) is 0 Å². The summed E-state index contributed by atoms with van der Waals surface area (Å²) in [5.41, 5.74) is -0.0975. The summed E-state index contributed by atoms with van der Waals surface area (Å²) in [5.74, 6) is -0.316. The van der Waals surface area contributed by atoms with E-state index in [9.17, 15) is 9.59 Å². The van der Waals surface area contributed by atoms with Gasteiger partial charge in [0.05, 0.1) is 0 Å². The summed E-state index contributed by atoms with van der Waals surface area (Å²) >= 11 is 0. The Hall–Kier alpha value is -1.66. The first-order valence-electron chi connectivity index (χ1n) is 6.42. The lowest BCUT2D eigenvalue weighted by molar-refractivity contribution is 0.0880. The van der Waals surface area contributed by atoms with Gasteiger partial charge >= 0.3 is 0 Å². The zero-order valence-corrected chi connectivity index (χ0v) is 11.3. The molecule has 1 aliphatic rings. The molecule has 1 saturated heterocycles. The molecule has 1 unspecified atom stereocenters. The summed E-state index contributed by atoms with van der Waals surface area (Å²) in [6.45, 7) is 3.50. The number of nitrogens with zero attached hydrogens (tertiary/aromatic N) is 2. The maximum atomic E-state index is 11.9. The second-order valence-corrected chi connectivity index (χ2v) is 5.03. The third-order valence-electron chi connectivity index (χ3n) is 3.55. The summed E-state index contributed by atoms with van der Waals surface area (Å²) < 4.78 is 0. The number of piperazine rings is 1. The third kappa shape index (κ3) is 3.42. The average molecular weight is 264 g/mol. The van der Waals surface area contributed by atoms with E-state index in [4.69, 9.17) is 0 Å². The standard InChI is InChI=1S/C13H20N4O2/c1-16-5-6-17(2)10(9-16)7-15-13(19)11-8-14-4-3-12(11)18/h3-4,8,10H,5-7,9H2,1-2H3,(H,14,18)(H,15,19). The van der Waals surface area contributed by atoms with Crippen LogP contribution in [0.3, 0.4) is 0 Å². The number of aromatic amines is 1. The van der Waals surface area contributed by atoms with Crippen molar-refractivity contribution in [3.8, 4) is 0 Å². The van der Waals surface area contributed by atoms with Crippen molar-refractivity contribution in [1.29, 1.82) is 0 Å². The van der Waals surface area contributed by atoms with Crippen LogP contribution in [-0.2, 0) is 0 Å². The van der Waals surface area contributed by atoms with Gasteiger partial charge in [-0.15, -0.1) is 0 Å². The van der Waals surface area contributed by atoms with Crippen LogP contribution in [0.1, 0.15) is 10.4 Å². The number of amides is 1. The molecule has 0 aliphatic carbocycles. The van der Waals surface area contributed by atoms with Crippen molar-refractivity contribution in [3.05, 3.63) is 34.2 Å². The Morgan fingerprint density at radius 1 is 1.47 bits per heavy atom. The van der Waals surface area contributed by atoms with E-state index >= 15 is 0 Å². The van der Waals surface area contributed by atoms with E-state index in [-0.39, 0.29) is 22.9 Å². The summed E-state index contributed by atoms with van der Waals surface area (Å²) in [5, 5.41) is 2.83. The van der Waals surface area contributed by atoms with Crippen LogP contribution in [0, 0.1) is 0 Å². The highest BCUT2D eigenvalue weighted by Crippen LogP contribution is 2.04. The molecule has 0 saturated carbocycles. The molecule has 1 aromatic heterocycles. The molecule has 0 radical (unpaired) electrons. The van der Waals surface area contributed by atoms with Crippen molar-refractivity contribution in [1.82, 2.24) is 20.1 Å². The van der Waals surface area contributed by atoms with Gasteiger partial charge in [-0.3, -0.25) is 14.5 Å². The van der Waals surface area contributed by atoms with Crippen LogP contribution in [0.25, 0.3) is 0 Å². The second-order valence-electron chi connectivity index (χ2n) is 5.03. The SMILES string of the molecule is CN1CCN(C)C(CNC(=O)c2c[nH]ccc2=O)C1. The van der Waals surface area contributed by atoms with E-state index < -0.39 is 0 Å². The van der Waals surface area contributed by atoms with E-state index in [2.05, 4.69) is 34.2 Å². The fourth-order valence-corrected chi connectivity index (χ4v) is 2.22. The number of carbonyl (C=O) groups excluding carboxylic acids is 1. The summed E-state index contributed by atoms with van der Waals surface area (Å²) in [7, 11) is 4.13. The highest BCUT2D eigenvalue weighted by Gasteiger charge is 2.22. The minimum Gasteiger partial charge on any atom is -0.367 e. The topological polar surface area (TPSA) is 68.4 Å². The molecule has 0 aromatic carbocycles. The van der Waals surface area contributed by atoms with Crippen molar-refractivity contribution in [2.75, 3.05) is 40.3 Å². The predicted octanol–water partition coefficient (Wildman–Crippen LogP) is -0.649. The normalized spacial score (nSPS) is 21.3. The number of likely N-dealkylation sites (N-methyl/N-ethyl adjacent to an activating group) is 2. The Balaban J connectivity index is 1.93. The number of H-pyrrole nitrogens is 1. The van der Waals surface area contributed by atoms with Gasteiger partial charge < -0.3 is 15.2 Å². The molecule has 0 spiro atoms. The zero-order chi connectivity index (χ0) is 13.8. The number of rotatable bonds is 3. The Kier molecular flexibility index (Phi) is 4.34. The predicted molar refractivity (Wildman–Crippen MR) is 73.3 cm³/mol. The van der Waals surface area contributed by atoms with Crippen molar-refractivity contribution in [2.24, 2.45) is 0 Å². The first-order valence-corrected chi connectivity index (χ1v) is 6.42. The van der Waals surface area contributed by atoms with Gasteiger partial charge in [-0.05, 0) is 14.1 Å². The molecule has 2 N–H and O–H groups in total. The number of nitrogens with one attached hydrogen (secondary N) is 2. The fourth-order valence-electron chi connectivity index (χ4n) is 2.22. The van der Waals surface area contributed by atoms with Crippen molar-refractivity contribution < 1.29 is 4.79 Å². The molecule has 104 valence electrons. The van der Waals surface area contributed by atoms with E-state index in [0.717, 1.165) is 19.6 Å². The smallest absolute Gasteiger partial charge is 0.256 e. The monoisotopic (exact) mass is 264 g/mol.